The van der Waals surface area contributed by atoms with E-state index >= 15 is 0 Å². The van der Waals surface area contributed by atoms with Crippen molar-refractivity contribution < 1.29 is 14.3 Å². The second-order valence-electron chi connectivity index (χ2n) is 8.02. The summed E-state index contributed by atoms with van der Waals surface area (Å²) in [5.74, 6) is 0.795. The minimum atomic E-state index is -0.0523. The molecule has 3 rings (SSSR count). The Hall–Kier alpha value is -2.45. The van der Waals surface area contributed by atoms with Gasteiger partial charge in [-0.3, -0.25) is 14.5 Å². The van der Waals surface area contributed by atoms with Crippen molar-refractivity contribution in [2.24, 2.45) is 0 Å². The van der Waals surface area contributed by atoms with E-state index in [-0.39, 0.29) is 24.0 Å². The summed E-state index contributed by atoms with van der Waals surface area (Å²) in [4.78, 5) is 33.2. The van der Waals surface area contributed by atoms with Crippen LogP contribution >= 0.6 is 11.3 Å². The van der Waals surface area contributed by atoms with E-state index in [1.165, 1.54) is 11.3 Å². The van der Waals surface area contributed by atoms with Crippen molar-refractivity contribution in [2.75, 3.05) is 32.7 Å². The number of carbonyl (C=O) groups is 2. The fourth-order valence-electron chi connectivity index (χ4n) is 3.29. The molecule has 162 valence electrons. The summed E-state index contributed by atoms with van der Waals surface area (Å²) in [5, 5.41) is 5.54. The molecule has 1 aromatic carbocycles. The molecule has 1 N–H and O–H groups in total. The normalized spacial score (nSPS) is 14.9. The molecule has 0 atom stereocenters. The summed E-state index contributed by atoms with van der Waals surface area (Å²) in [6, 6.07) is 7.91. The monoisotopic (exact) mass is 430 g/mol. The first-order chi connectivity index (χ1) is 14.3. The molecule has 1 aliphatic rings. The highest BCUT2D eigenvalue weighted by Crippen LogP contribution is 2.26. The van der Waals surface area contributed by atoms with Crippen LogP contribution in [-0.2, 0) is 4.79 Å². The summed E-state index contributed by atoms with van der Waals surface area (Å²) in [6.07, 6.45) is 0.130. The number of aromatic nitrogens is 1. The van der Waals surface area contributed by atoms with Crippen LogP contribution in [0.15, 0.2) is 29.6 Å². The smallest absolute Gasteiger partial charge is 0.273 e. The number of rotatable bonds is 7. The molecule has 1 fully saturated rings. The number of thiazole rings is 1. The Morgan fingerprint density at radius 3 is 2.37 bits per heavy atom. The molecular formula is C22H30N4O3S. The summed E-state index contributed by atoms with van der Waals surface area (Å²) in [5.41, 5.74) is 1.44. The summed E-state index contributed by atoms with van der Waals surface area (Å²) in [6.45, 7) is 10.8. The molecule has 8 heteroatoms. The first kappa shape index (κ1) is 22.2. The molecule has 0 aliphatic carbocycles. The van der Waals surface area contributed by atoms with E-state index in [1.54, 1.807) is 0 Å². The van der Waals surface area contributed by atoms with Gasteiger partial charge in [0.15, 0.2) is 0 Å². The SMILES string of the molecule is CC(C)NC(=O)CN1CCN(C(=O)c2csc(-c3ccc(OC(C)C)cc3)n2)CC1. The number of nitrogens with zero attached hydrogens (tertiary/aromatic N) is 3. The van der Waals surface area contributed by atoms with Crippen molar-refractivity contribution in [2.45, 2.75) is 39.8 Å². The largest absolute Gasteiger partial charge is 0.491 e. The molecule has 0 unspecified atom stereocenters. The Labute approximate surface area is 182 Å². The minimum absolute atomic E-state index is 0.0266. The van der Waals surface area contributed by atoms with Gasteiger partial charge in [0.2, 0.25) is 5.91 Å². The molecular weight excluding hydrogens is 400 g/mol. The van der Waals surface area contributed by atoms with Crippen molar-refractivity contribution in [3.8, 4) is 16.3 Å². The maximum absolute atomic E-state index is 12.8. The second-order valence-corrected chi connectivity index (χ2v) is 8.88. The highest BCUT2D eigenvalue weighted by Gasteiger charge is 2.25. The standard InChI is InChI=1S/C22H30N4O3S/c1-15(2)23-20(27)13-25-9-11-26(12-10-25)22(28)19-14-30-21(24-19)17-5-7-18(8-6-17)29-16(3)4/h5-8,14-16H,9-13H2,1-4H3,(H,23,27). The number of nitrogens with one attached hydrogen (secondary N) is 1. The van der Waals surface area contributed by atoms with Gasteiger partial charge in [-0.2, -0.15) is 0 Å². The topological polar surface area (TPSA) is 74.8 Å². The van der Waals surface area contributed by atoms with Crippen LogP contribution in [-0.4, -0.2) is 71.5 Å². The molecule has 7 nitrogen and oxygen atoms in total. The van der Waals surface area contributed by atoms with E-state index in [1.807, 2.05) is 62.2 Å². The molecule has 2 heterocycles. The molecule has 1 aromatic heterocycles. The van der Waals surface area contributed by atoms with Gasteiger partial charge < -0.3 is 15.0 Å². The van der Waals surface area contributed by atoms with E-state index in [0.29, 0.717) is 38.4 Å². The maximum atomic E-state index is 12.8. The van der Waals surface area contributed by atoms with Gasteiger partial charge in [-0.25, -0.2) is 4.98 Å². The molecule has 30 heavy (non-hydrogen) atoms. The highest BCUT2D eigenvalue weighted by atomic mass is 32.1. The Balaban J connectivity index is 1.55. The molecule has 0 radical (unpaired) electrons. The zero-order chi connectivity index (χ0) is 21.7. The third-order valence-corrected chi connectivity index (χ3v) is 5.56. The van der Waals surface area contributed by atoms with Gasteiger partial charge in [-0.1, -0.05) is 0 Å². The molecule has 0 spiro atoms. The lowest BCUT2D eigenvalue weighted by Gasteiger charge is -2.34. The first-order valence-electron chi connectivity index (χ1n) is 10.4. The molecule has 2 amide bonds. The van der Waals surface area contributed by atoms with E-state index < -0.39 is 0 Å². The third kappa shape index (κ3) is 6.03. The fourth-order valence-corrected chi connectivity index (χ4v) is 4.09. The van der Waals surface area contributed by atoms with Gasteiger partial charge in [-0.15, -0.1) is 11.3 Å². The van der Waals surface area contributed by atoms with Crippen molar-refractivity contribution >= 4 is 23.2 Å². The average Bonchev–Trinajstić information content (AvgIpc) is 3.17. The lowest BCUT2D eigenvalue weighted by molar-refractivity contribution is -0.123. The van der Waals surface area contributed by atoms with Gasteiger partial charge >= 0.3 is 0 Å². The Morgan fingerprint density at radius 2 is 1.77 bits per heavy atom. The number of amides is 2. The molecule has 1 aliphatic heterocycles. The number of carbonyl (C=O) groups excluding carboxylic acids is 2. The molecule has 2 aromatic rings. The number of hydrogen-bond acceptors (Lipinski definition) is 6. The lowest BCUT2D eigenvalue weighted by atomic mass is 10.2. The predicted molar refractivity (Wildman–Crippen MR) is 119 cm³/mol. The van der Waals surface area contributed by atoms with E-state index in [9.17, 15) is 9.59 Å². The van der Waals surface area contributed by atoms with Crippen molar-refractivity contribution in [1.82, 2.24) is 20.1 Å². The van der Waals surface area contributed by atoms with Crippen LogP contribution in [0.2, 0.25) is 0 Å². The van der Waals surface area contributed by atoms with E-state index in [0.717, 1.165) is 16.3 Å². The lowest BCUT2D eigenvalue weighted by Crippen LogP contribution is -2.51. The summed E-state index contributed by atoms with van der Waals surface area (Å²) >= 11 is 1.47. The van der Waals surface area contributed by atoms with Crippen LogP contribution in [0.3, 0.4) is 0 Å². The van der Waals surface area contributed by atoms with Crippen LogP contribution in [0.1, 0.15) is 38.2 Å². The quantitative estimate of drug-likeness (QED) is 0.731. The predicted octanol–water partition coefficient (Wildman–Crippen LogP) is 2.88. The Bertz CT molecular complexity index is 856. The van der Waals surface area contributed by atoms with Crippen LogP contribution in [0.25, 0.3) is 10.6 Å². The first-order valence-corrected chi connectivity index (χ1v) is 11.2. The number of benzene rings is 1. The van der Waals surface area contributed by atoms with Crippen LogP contribution < -0.4 is 10.1 Å². The fraction of sp³-hybridized carbons (Fsp3) is 0.500. The van der Waals surface area contributed by atoms with Crippen LogP contribution in [0.4, 0.5) is 0 Å². The summed E-state index contributed by atoms with van der Waals surface area (Å²) in [7, 11) is 0. The molecule has 0 bridgehead atoms. The third-order valence-electron chi connectivity index (χ3n) is 4.67. The van der Waals surface area contributed by atoms with Gasteiger partial charge in [0, 0.05) is 43.2 Å². The zero-order valence-corrected chi connectivity index (χ0v) is 18.9. The second kappa shape index (κ2) is 10.0. The average molecular weight is 431 g/mol. The molecule has 1 saturated heterocycles. The Morgan fingerprint density at radius 1 is 1.10 bits per heavy atom. The van der Waals surface area contributed by atoms with Crippen LogP contribution in [0.5, 0.6) is 5.75 Å². The van der Waals surface area contributed by atoms with Gasteiger partial charge in [0.25, 0.3) is 5.91 Å². The zero-order valence-electron chi connectivity index (χ0n) is 18.1. The van der Waals surface area contributed by atoms with Crippen LogP contribution in [0, 0.1) is 0 Å². The van der Waals surface area contributed by atoms with E-state index in [2.05, 4.69) is 15.2 Å². The highest BCUT2D eigenvalue weighted by molar-refractivity contribution is 7.13. The van der Waals surface area contributed by atoms with Crippen molar-refractivity contribution in [3.05, 3.63) is 35.3 Å². The van der Waals surface area contributed by atoms with E-state index in [4.69, 9.17) is 4.74 Å². The minimum Gasteiger partial charge on any atom is -0.491 e. The van der Waals surface area contributed by atoms with Crippen molar-refractivity contribution in [3.63, 3.8) is 0 Å². The van der Waals surface area contributed by atoms with Gasteiger partial charge in [0.05, 0.1) is 12.6 Å². The number of ether oxygens (including phenoxy) is 1. The Kier molecular flexibility index (Phi) is 7.44. The summed E-state index contributed by atoms with van der Waals surface area (Å²) < 4.78 is 5.67. The molecule has 0 saturated carbocycles. The number of hydrogen-bond donors (Lipinski definition) is 1. The number of piperazine rings is 1. The van der Waals surface area contributed by atoms with Gasteiger partial charge in [0.1, 0.15) is 16.5 Å². The van der Waals surface area contributed by atoms with Gasteiger partial charge in [-0.05, 0) is 52.0 Å². The maximum Gasteiger partial charge on any atom is 0.273 e. The van der Waals surface area contributed by atoms with Crippen molar-refractivity contribution in [1.29, 1.82) is 0 Å².